The molecule has 0 spiro atoms. The highest BCUT2D eigenvalue weighted by molar-refractivity contribution is 7.23. The van der Waals surface area contributed by atoms with Gasteiger partial charge in [0.2, 0.25) is 0 Å². The van der Waals surface area contributed by atoms with Crippen LogP contribution in [0, 0.1) is 5.92 Å². The van der Waals surface area contributed by atoms with Crippen molar-refractivity contribution in [3.8, 4) is 11.3 Å². The summed E-state index contributed by atoms with van der Waals surface area (Å²) in [7, 11) is 1.59. The minimum absolute atomic E-state index is 0. The van der Waals surface area contributed by atoms with E-state index in [0.717, 1.165) is 26.4 Å². The van der Waals surface area contributed by atoms with Crippen molar-refractivity contribution in [2.45, 2.75) is 12.3 Å². The summed E-state index contributed by atoms with van der Waals surface area (Å²) >= 11 is 1.44. The third-order valence-electron chi connectivity index (χ3n) is 5.49. The van der Waals surface area contributed by atoms with Gasteiger partial charge in [0.15, 0.2) is 4.96 Å². The Bertz CT molecular complexity index is 1340. The number of hydrogen-bond acceptors (Lipinski definition) is 4. The molecule has 2 aromatic heterocycles. The van der Waals surface area contributed by atoms with Crippen molar-refractivity contribution in [1.82, 2.24) is 20.0 Å². The zero-order valence-electron chi connectivity index (χ0n) is 16.5. The highest BCUT2D eigenvalue weighted by Gasteiger charge is 2.56. The van der Waals surface area contributed by atoms with E-state index in [-0.39, 0.29) is 27.6 Å². The van der Waals surface area contributed by atoms with Crippen LogP contribution >= 0.6 is 11.3 Å². The Morgan fingerprint density at radius 1 is 1.19 bits per heavy atom. The van der Waals surface area contributed by atoms with Gasteiger partial charge in [-0.25, -0.2) is 13.8 Å². The zero-order chi connectivity index (χ0) is 21.8. The lowest BCUT2D eigenvalue weighted by molar-refractivity contribution is 0.0893. The van der Waals surface area contributed by atoms with Gasteiger partial charge < -0.3 is 10.6 Å². The molecule has 1 atom stereocenters. The first-order chi connectivity index (χ1) is 14.9. The number of thiazole rings is 1. The predicted molar refractivity (Wildman–Crippen MR) is 119 cm³/mol. The molecule has 2 amide bonds. The average molecular weight is 445 g/mol. The molecule has 2 heterocycles. The first kappa shape index (κ1) is 19.6. The highest BCUT2D eigenvalue weighted by Crippen LogP contribution is 2.48. The van der Waals surface area contributed by atoms with Crippen LogP contribution in [0.1, 0.15) is 30.0 Å². The lowest BCUT2D eigenvalue weighted by Crippen LogP contribution is -2.26. The maximum Gasteiger partial charge on any atom is 0.253 e. The number of carbonyl (C=O) groups is 2. The van der Waals surface area contributed by atoms with E-state index >= 15 is 0 Å². The Kier molecular flexibility index (Phi) is 4.51. The molecule has 31 heavy (non-hydrogen) atoms. The van der Waals surface area contributed by atoms with E-state index in [0.29, 0.717) is 11.1 Å². The molecule has 5 rings (SSSR count). The van der Waals surface area contributed by atoms with Crippen molar-refractivity contribution in [3.63, 3.8) is 0 Å². The van der Waals surface area contributed by atoms with Crippen LogP contribution in [0.15, 0.2) is 48.7 Å². The molecule has 1 aliphatic rings. The van der Waals surface area contributed by atoms with Gasteiger partial charge in [-0.05, 0) is 30.3 Å². The van der Waals surface area contributed by atoms with Crippen molar-refractivity contribution in [3.05, 3.63) is 59.8 Å². The van der Waals surface area contributed by atoms with Gasteiger partial charge in [0.1, 0.15) is 0 Å². The Morgan fingerprint density at radius 2 is 1.90 bits per heavy atom. The van der Waals surface area contributed by atoms with Crippen LogP contribution in [0.4, 0.5) is 8.78 Å². The van der Waals surface area contributed by atoms with E-state index < -0.39 is 11.8 Å². The molecule has 0 bridgehead atoms. The number of aromatic nitrogens is 2. The number of alkyl halides is 2. The Morgan fingerprint density at radius 3 is 2.58 bits per heavy atom. The fourth-order valence-electron chi connectivity index (χ4n) is 3.53. The van der Waals surface area contributed by atoms with E-state index in [2.05, 4.69) is 15.6 Å². The van der Waals surface area contributed by atoms with Crippen molar-refractivity contribution in [1.29, 1.82) is 0 Å². The molecule has 2 N–H and O–H groups in total. The Hall–Kier alpha value is -3.33. The molecule has 9 heteroatoms. The number of imidazole rings is 1. The van der Waals surface area contributed by atoms with Gasteiger partial charge in [-0.15, -0.1) is 0 Å². The van der Waals surface area contributed by atoms with Crippen LogP contribution in [0.3, 0.4) is 0 Å². The number of nitrogens with one attached hydrogen (secondary N) is 2. The predicted octanol–water partition coefficient (Wildman–Crippen LogP) is 4.45. The third-order valence-corrected chi connectivity index (χ3v) is 6.51. The first-order valence-electron chi connectivity index (χ1n) is 9.76. The number of halogens is 2. The van der Waals surface area contributed by atoms with E-state index in [1.165, 1.54) is 11.3 Å². The molecular formula is C22H22F2N4O2S. The summed E-state index contributed by atoms with van der Waals surface area (Å²) < 4.78 is 28.8. The number of hydrogen-bond donors (Lipinski definition) is 2. The number of fused-ring (bicyclic) bond motifs is 3. The molecule has 4 aromatic rings. The summed E-state index contributed by atoms with van der Waals surface area (Å²) in [5.41, 5.74) is 3.60. The second kappa shape index (κ2) is 7.12. The van der Waals surface area contributed by atoms with Gasteiger partial charge in [0.25, 0.3) is 17.7 Å². The minimum atomic E-state index is -2.64. The molecule has 1 fully saturated rings. The standard InChI is InChI=1S/C22H18F2N4O2S.2H2/c1-25-19(29)13-4-2-12(3-5-13)16-11-28-17-7-6-14(8-18(17)31-21(28)27-16)20(30)26-10-15-9-22(15,23)24;;/h2-8,11,15H,9-10H2,1H3,(H,25,29)(H,26,30);2*1H. The molecular weight excluding hydrogens is 422 g/mol. The molecule has 1 saturated carbocycles. The summed E-state index contributed by atoms with van der Waals surface area (Å²) in [6.07, 6.45) is 1.75. The average Bonchev–Trinajstić information content (AvgIpc) is 3.07. The minimum Gasteiger partial charge on any atom is -0.355 e. The second-order valence-electron chi connectivity index (χ2n) is 7.59. The SMILES string of the molecule is CNC(=O)c1ccc(-c2cn3c(n2)sc2cc(C(=O)NCC4CC4(F)F)ccc23)cc1.[HH].[HH]. The van der Waals surface area contributed by atoms with Crippen LogP contribution in [-0.4, -0.2) is 40.7 Å². The maximum absolute atomic E-state index is 13.0. The zero-order valence-corrected chi connectivity index (χ0v) is 17.3. The third kappa shape index (κ3) is 3.54. The molecule has 1 unspecified atom stereocenters. The molecule has 162 valence electrons. The summed E-state index contributed by atoms with van der Waals surface area (Å²) in [5.74, 6) is -3.90. The van der Waals surface area contributed by atoms with Gasteiger partial charge >= 0.3 is 0 Å². The monoisotopic (exact) mass is 444 g/mol. The van der Waals surface area contributed by atoms with Gasteiger partial charge in [0.05, 0.1) is 15.9 Å². The summed E-state index contributed by atoms with van der Waals surface area (Å²) in [5, 5.41) is 5.18. The van der Waals surface area contributed by atoms with Crippen LogP contribution in [0.2, 0.25) is 0 Å². The Balaban J connectivity index is 0.00000153. The largest absolute Gasteiger partial charge is 0.355 e. The second-order valence-corrected chi connectivity index (χ2v) is 8.60. The van der Waals surface area contributed by atoms with Crippen LogP contribution < -0.4 is 10.6 Å². The lowest BCUT2D eigenvalue weighted by atomic mass is 10.1. The molecule has 2 aromatic carbocycles. The highest BCUT2D eigenvalue weighted by atomic mass is 32.1. The van der Waals surface area contributed by atoms with Crippen molar-refractivity contribution in [2.24, 2.45) is 5.92 Å². The van der Waals surface area contributed by atoms with Crippen molar-refractivity contribution >= 4 is 38.3 Å². The summed E-state index contributed by atoms with van der Waals surface area (Å²) in [4.78, 5) is 29.5. The molecule has 0 saturated heterocycles. The summed E-state index contributed by atoms with van der Waals surface area (Å²) in [6.45, 7) is -0.0142. The van der Waals surface area contributed by atoms with Crippen molar-refractivity contribution in [2.75, 3.05) is 13.6 Å². The van der Waals surface area contributed by atoms with E-state index in [9.17, 15) is 18.4 Å². The van der Waals surface area contributed by atoms with Gasteiger partial charge in [-0.1, -0.05) is 23.5 Å². The van der Waals surface area contributed by atoms with E-state index in [1.54, 1.807) is 31.3 Å². The van der Waals surface area contributed by atoms with Crippen LogP contribution in [-0.2, 0) is 0 Å². The van der Waals surface area contributed by atoms with Crippen LogP contribution in [0.5, 0.6) is 0 Å². The fourth-order valence-corrected chi connectivity index (χ4v) is 4.57. The molecule has 0 radical (unpaired) electrons. The van der Waals surface area contributed by atoms with Gasteiger partial charge in [-0.3, -0.25) is 14.0 Å². The quantitative estimate of drug-likeness (QED) is 0.478. The number of carbonyl (C=O) groups excluding carboxylic acids is 2. The first-order valence-corrected chi connectivity index (χ1v) is 10.6. The van der Waals surface area contributed by atoms with E-state index in [1.807, 2.05) is 28.8 Å². The number of amides is 2. The lowest BCUT2D eigenvalue weighted by Gasteiger charge is -2.04. The summed E-state index contributed by atoms with van der Waals surface area (Å²) in [6, 6.07) is 12.5. The molecule has 6 nitrogen and oxygen atoms in total. The van der Waals surface area contributed by atoms with E-state index in [4.69, 9.17) is 0 Å². The van der Waals surface area contributed by atoms with Crippen LogP contribution in [0.25, 0.3) is 26.4 Å². The molecule has 0 aliphatic heterocycles. The van der Waals surface area contributed by atoms with Crippen molar-refractivity contribution < 1.29 is 21.2 Å². The topological polar surface area (TPSA) is 75.5 Å². The fraction of sp³-hybridized carbons (Fsp3) is 0.227. The smallest absolute Gasteiger partial charge is 0.253 e. The Labute approximate surface area is 182 Å². The van der Waals surface area contributed by atoms with Gasteiger partial charge in [-0.2, -0.15) is 0 Å². The normalized spacial score (nSPS) is 17.1. The number of nitrogens with zero attached hydrogens (tertiary/aromatic N) is 2. The molecule has 1 aliphatic carbocycles. The number of benzene rings is 2. The van der Waals surface area contributed by atoms with Gasteiger partial charge in [0, 0.05) is 51.7 Å². The maximum atomic E-state index is 13.0. The number of rotatable bonds is 5.